The number of nitrogens with one attached hydrogen (secondary N) is 1. The molecule has 104 valence electrons. The fraction of sp³-hybridized carbons (Fsp3) is 0.167. The summed E-state index contributed by atoms with van der Waals surface area (Å²) in [6.07, 6.45) is 2.79. The molecule has 0 aliphatic rings. The summed E-state index contributed by atoms with van der Waals surface area (Å²) in [5.41, 5.74) is 10.7. The third-order valence-electron chi connectivity index (χ3n) is 2.15. The molecule has 0 atom stereocenters. The lowest BCUT2D eigenvalue weighted by Gasteiger charge is -1.96. The van der Waals surface area contributed by atoms with Gasteiger partial charge in [-0.3, -0.25) is 4.98 Å². The van der Waals surface area contributed by atoms with E-state index in [1.807, 2.05) is 0 Å². The molecule has 0 aliphatic carbocycles. The minimum absolute atomic E-state index is 0.305. The maximum Gasteiger partial charge on any atom is 0.361 e. The number of aromatic nitrogens is 4. The van der Waals surface area contributed by atoms with Crippen LogP contribution in [0, 0.1) is 18.9 Å². The molecule has 0 radical (unpaired) electrons. The van der Waals surface area contributed by atoms with Gasteiger partial charge in [0.2, 0.25) is 0 Å². The Morgan fingerprint density at radius 2 is 2.00 bits per heavy atom. The molecule has 0 saturated heterocycles. The van der Waals surface area contributed by atoms with Crippen molar-refractivity contribution in [1.82, 2.24) is 19.5 Å². The number of H-pyrrole nitrogens is 1. The zero-order valence-corrected chi connectivity index (χ0v) is 11.0. The van der Waals surface area contributed by atoms with Gasteiger partial charge in [-0.05, 0) is 19.9 Å². The highest BCUT2D eigenvalue weighted by Gasteiger charge is 1.94. The van der Waals surface area contributed by atoms with E-state index in [4.69, 9.17) is 11.5 Å². The van der Waals surface area contributed by atoms with Gasteiger partial charge in [-0.15, -0.1) is 0 Å². The monoisotopic (exact) mass is 274 g/mol. The lowest BCUT2D eigenvalue weighted by Crippen LogP contribution is -2.21. The average Bonchev–Trinajstić information content (AvgIpc) is 2.40. The van der Waals surface area contributed by atoms with Gasteiger partial charge in [-0.1, -0.05) is 5.92 Å². The van der Waals surface area contributed by atoms with Crippen LogP contribution in [0.5, 0.6) is 0 Å². The van der Waals surface area contributed by atoms with E-state index in [9.17, 15) is 9.59 Å². The SMILES string of the molecule is CC#Cn1c(N)ccnc1=O.Cc1cnc(=O)[nH]c1N. The molecular weight excluding hydrogens is 260 g/mol. The first-order chi connectivity index (χ1) is 9.45. The van der Waals surface area contributed by atoms with Crippen LogP contribution < -0.4 is 22.8 Å². The Bertz CT molecular complexity index is 766. The van der Waals surface area contributed by atoms with Crippen molar-refractivity contribution < 1.29 is 0 Å². The maximum atomic E-state index is 10.9. The van der Waals surface area contributed by atoms with E-state index in [-0.39, 0.29) is 0 Å². The summed E-state index contributed by atoms with van der Waals surface area (Å²) in [6.45, 7) is 3.40. The lowest BCUT2D eigenvalue weighted by atomic mass is 10.4. The van der Waals surface area contributed by atoms with Crippen molar-refractivity contribution in [1.29, 1.82) is 0 Å². The molecular formula is C12H14N6O2. The highest BCUT2D eigenvalue weighted by Crippen LogP contribution is 1.97. The van der Waals surface area contributed by atoms with Gasteiger partial charge in [0, 0.05) is 24.0 Å². The van der Waals surface area contributed by atoms with Gasteiger partial charge in [0.1, 0.15) is 11.6 Å². The molecule has 0 fully saturated rings. The highest BCUT2D eigenvalue weighted by molar-refractivity contribution is 5.34. The Kier molecular flexibility index (Phi) is 5.05. The molecule has 0 spiro atoms. The molecule has 8 nitrogen and oxygen atoms in total. The van der Waals surface area contributed by atoms with Gasteiger partial charge < -0.3 is 11.5 Å². The molecule has 8 heteroatoms. The summed E-state index contributed by atoms with van der Waals surface area (Å²) < 4.78 is 1.10. The van der Waals surface area contributed by atoms with Crippen molar-refractivity contribution in [2.75, 3.05) is 11.5 Å². The van der Waals surface area contributed by atoms with Crippen molar-refractivity contribution in [3.05, 3.63) is 45.0 Å². The van der Waals surface area contributed by atoms with Gasteiger partial charge in [0.15, 0.2) is 0 Å². The van der Waals surface area contributed by atoms with Crippen LogP contribution in [0.3, 0.4) is 0 Å². The molecule has 0 unspecified atom stereocenters. The fourth-order valence-corrected chi connectivity index (χ4v) is 1.12. The van der Waals surface area contributed by atoms with E-state index in [0.717, 1.165) is 10.1 Å². The first-order valence-corrected chi connectivity index (χ1v) is 5.53. The van der Waals surface area contributed by atoms with E-state index >= 15 is 0 Å². The number of nitrogen functional groups attached to an aromatic ring is 2. The molecule has 5 N–H and O–H groups in total. The number of aryl methyl sites for hydroxylation is 1. The van der Waals surface area contributed by atoms with Crippen molar-refractivity contribution in [3.8, 4) is 12.0 Å². The predicted octanol–water partition coefficient (Wildman–Crippen LogP) is -0.685. The third-order valence-corrected chi connectivity index (χ3v) is 2.15. The summed E-state index contributed by atoms with van der Waals surface area (Å²) in [5.74, 6) is 3.25. The number of rotatable bonds is 0. The number of nitrogens with zero attached hydrogens (tertiary/aromatic N) is 3. The highest BCUT2D eigenvalue weighted by atomic mass is 16.1. The van der Waals surface area contributed by atoms with Gasteiger partial charge in [-0.25, -0.2) is 24.1 Å². The Hall–Kier alpha value is -3.08. The van der Waals surface area contributed by atoms with Crippen LogP contribution in [0.1, 0.15) is 12.5 Å². The van der Waals surface area contributed by atoms with Crippen LogP contribution in [0.4, 0.5) is 11.6 Å². The molecule has 0 aromatic carbocycles. The Morgan fingerprint density at radius 3 is 2.50 bits per heavy atom. The van der Waals surface area contributed by atoms with E-state index < -0.39 is 11.4 Å². The number of anilines is 2. The van der Waals surface area contributed by atoms with Gasteiger partial charge in [-0.2, -0.15) is 0 Å². The molecule has 2 aromatic rings. The standard InChI is InChI=1S/C7H7N3O.C5H7N3O/c1-2-5-10-6(8)3-4-9-7(10)11;1-3-2-7-5(9)8-4(3)6/h3-4H,8H2,1H3;2H,1H3,(H3,6,7,8,9). The van der Waals surface area contributed by atoms with Crippen LogP contribution in [0.2, 0.25) is 0 Å². The van der Waals surface area contributed by atoms with Gasteiger partial charge >= 0.3 is 11.4 Å². The van der Waals surface area contributed by atoms with Crippen molar-refractivity contribution >= 4 is 11.6 Å². The summed E-state index contributed by atoms with van der Waals surface area (Å²) >= 11 is 0. The van der Waals surface area contributed by atoms with E-state index in [1.165, 1.54) is 18.5 Å². The largest absolute Gasteiger partial charge is 0.385 e. The van der Waals surface area contributed by atoms with Crippen molar-refractivity contribution in [3.63, 3.8) is 0 Å². The van der Waals surface area contributed by atoms with Crippen LogP contribution in [-0.4, -0.2) is 19.5 Å². The zero-order valence-electron chi connectivity index (χ0n) is 11.0. The van der Waals surface area contributed by atoms with E-state index in [2.05, 4.69) is 26.9 Å². The number of nitrogens with two attached hydrogens (primary N) is 2. The first kappa shape index (κ1) is 15.0. The van der Waals surface area contributed by atoms with Crippen molar-refractivity contribution in [2.24, 2.45) is 0 Å². The second-order valence-corrected chi connectivity index (χ2v) is 3.63. The van der Waals surface area contributed by atoms with Crippen molar-refractivity contribution in [2.45, 2.75) is 13.8 Å². The van der Waals surface area contributed by atoms with E-state index in [1.54, 1.807) is 13.8 Å². The number of aromatic amines is 1. The second kappa shape index (κ2) is 6.75. The zero-order chi connectivity index (χ0) is 15.1. The quantitative estimate of drug-likeness (QED) is 0.545. The maximum absolute atomic E-state index is 10.9. The average molecular weight is 274 g/mol. The summed E-state index contributed by atoms with van der Waals surface area (Å²) in [5, 5.41) is 0. The fourth-order valence-electron chi connectivity index (χ4n) is 1.12. The molecule has 0 bridgehead atoms. The normalized spacial score (nSPS) is 8.90. The predicted molar refractivity (Wildman–Crippen MR) is 75.8 cm³/mol. The third kappa shape index (κ3) is 3.99. The second-order valence-electron chi connectivity index (χ2n) is 3.63. The lowest BCUT2D eigenvalue weighted by molar-refractivity contribution is 0.958. The minimum Gasteiger partial charge on any atom is -0.385 e. The summed E-state index contributed by atoms with van der Waals surface area (Å²) in [7, 11) is 0. The Balaban J connectivity index is 0.000000204. The number of hydrogen-bond donors (Lipinski definition) is 3. The molecule has 0 amide bonds. The van der Waals surface area contributed by atoms with Crippen LogP contribution in [0.25, 0.3) is 0 Å². The molecule has 2 aromatic heterocycles. The molecule has 2 rings (SSSR count). The Morgan fingerprint density at radius 1 is 1.30 bits per heavy atom. The summed E-state index contributed by atoms with van der Waals surface area (Å²) in [4.78, 5) is 30.6. The molecule has 20 heavy (non-hydrogen) atoms. The summed E-state index contributed by atoms with van der Waals surface area (Å²) in [6, 6.07) is 4.03. The van der Waals surface area contributed by atoms with Gasteiger partial charge in [0.05, 0.1) is 0 Å². The molecule has 0 aliphatic heterocycles. The van der Waals surface area contributed by atoms with Crippen LogP contribution in [-0.2, 0) is 0 Å². The van der Waals surface area contributed by atoms with Crippen LogP contribution in [0.15, 0.2) is 28.0 Å². The first-order valence-electron chi connectivity index (χ1n) is 5.53. The smallest absolute Gasteiger partial charge is 0.361 e. The molecule has 2 heterocycles. The molecule has 0 saturated carbocycles. The van der Waals surface area contributed by atoms with E-state index in [0.29, 0.717) is 11.6 Å². The van der Waals surface area contributed by atoms with Gasteiger partial charge in [0.25, 0.3) is 0 Å². The van der Waals surface area contributed by atoms with Crippen LogP contribution >= 0.6 is 0 Å². The Labute approximate surface area is 114 Å². The topological polar surface area (TPSA) is 133 Å². The minimum atomic E-state index is -0.445. The number of hydrogen-bond acceptors (Lipinski definition) is 6.